The minimum atomic E-state index is -0.516. The van der Waals surface area contributed by atoms with Crippen LogP contribution in [-0.2, 0) is 4.79 Å². The normalized spacial score (nSPS) is 12.4. The zero-order chi connectivity index (χ0) is 16.6. The Balaban J connectivity index is 2.13. The fourth-order valence-electron chi connectivity index (χ4n) is 1.98. The summed E-state index contributed by atoms with van der Waals surface area (Å²) >= 11 is 7.08. The number of rotatable bonds is 4. The number of carbonyl (C=O) groups excluding carboxylic acids is 1. The van der Waals surface area contributed by atoms with Gasteiger partial charge in [0.15, 0.2) is 10.8 Å². The van der Waals surface area contributed by atoms with Gasteiger partial charge in [-0.3, -0.25) is 9.59 Å². The van der Waals surface area contributed by atoms with E-state index in [9.17, 15) is 9.59 Å². The lowest BCUT2D eigenvalue weighted by molar-refractivity contribution is -0.117. The number of aromatic nitrogens is 4. The minimum Gasteiger partial charge on any atom is -0.369 e. The fraction of sp³-hybridized carbons (Fsp3) is 0.143. The molecule has 1 unspecified atom stereocenters. The zero-order valence-corrected chi connectivity index (χ0v) is 13.6. The molecule has 1 aromatic carbocycles. The zero-order valence-electron chi connectivity index (χ0n) is 12.0. The molecule has 118 valence electrons. The van der Waals surface area contributed by atoms with E-state index in [4.69, 9.17) is 17.3 Å². The molecule has 9 heteroatoms. The molecule has 2 aromatic heterocycles. The molecule has 0 spiro atoms. The second-order valence-electron chi connectivity index (χ2n) is 4.81. The molecule has 0 radical (unpaired) electrons. The molecule has 0 bridgehead atoms. The van der Waals surface area contributed by atoms with E-state index in [0.717, 1.165) is 11.8 Å². The first-order valence-electron chi connectivity index (χ1n) is 6.65. The van der Waals surface area contributed by atoms with Crippen LogP contribution in [0.4, 0.5) is 0 Å². The number of hydrogen-bond acceptors (Lipinski definition) is 5. The lowest BCUT2D eigenvalue weighted by Crippen LogP contribution is -2.23. The van der Waals surface area contributed by atoms with Crippen molar-refractivity contribution in [1.82, 2.24) is 19.7 Å². The maximum Gasteiger partial charge on any atom is 0.262 e. The highest BCUT2D eigenvalue weighted by molar-refractivity contribution is 8.00. The number of amides is 1. The predicted molar refractivity (Wildman–Crippen MR) is 89.0 cm³/mol. The van der Waals surface area contributed by atoms with E-state index in [1.807, 2.05) is 0 Å². The van der Waals surface area contributed by atoms with Crippen molar-refractivity contribution < 1.29 is 4.79 Å². The number of carbonyl (C=O) groups is 1. The van der Waals surface area contributed by atoms with Crippen LogP contribution in [0.15, 0.2) is 40.4 Å². The summed E-state index contributed by atoms with van der Waals surface area (Å²) in [7, 11) is 0. The third-order valence-electron chi connectivity index (χ3n) is 3.16. The van der Waals surface area contributed by atoms with Crippen LogP contribution in [0.2, 0.25) is 5.02 Å². The van der Waals surface area contributed by atoms with Crippen molar-refractivity contribution in [2.75, 3.05) is 0 Å². The molecule has 2 heterocycles. The van der Waals surface area contributed by atoms with Gasteiger partial charge in [0, 0.05) is 5.02 Å². The van der Waals surface area contributed by atoms with Crippen LogP contribution in [0, 0.1) is 0 Å². The quantitative estimate of drug-likeness (QED) is 0.551. The Morgan fingerprint density at radius 2 is 2.26 bits per heavy atom. The number of primary amides is 1. The molecule has 0 saturated carbocycles. The predicted octanol–water partition coefficient (Wildman–Crippen LogP) is 1.73. The minimum absolute atomic E-state index is 0.303. The van der Waals surface area contributed by atoms with E-state index in [2.05, 4.69) is 15.1 Å². The van der Waals surface area contributed by atoms with Gasteiger partial charge >= 0.3 is 0 Å². The number of nitrogens with one attached hydrogen (secondary N) is 1. The molecule has 1 amide bonds. The lowest BCUT2D eigenvalue weighted by atomic mass is 10.3. The SMILES string of the molecule is CC(Sc1nc2c(cnn2-c2cccc(Cl)c2)c(=O)[nH]1)C(N)=O. The van der Waals surface area contributed by atoms with Gasteiger partial charge in [0.2, 0.25) is 5.91 Å². The largest absolute Gasteiger partial charge is 0.369 e. The van der Waals surface area contributed by atoms with Crippen molar-refractivity contribution in [3.63, 3.8) is 0 Å². The Morgan fingerprint density at radius 1 is 1.48 bits per heavy atom. The standard InChI is InChI=1S/C14H12ClN5O2S/c1-7(11(16)21)23-14-18-12-10(13(22)19-14)6-17-20(12)9-4-2-3-8(15)5-9/h2-7H,1H3,(H2,16,21)(H,18,19,22). The summed E-state index contributed by atoms with van der Waals surface area (Å²) < 4.78 is 1.52. The van der Waals surface area contributed by atoms with E-state index < -0.39 is 11.2 Å². The summed E-state index contributed by atoms with van der Waals surface area (Å²) in [5.74, 6) is -0.485. The molecule has 0 aliphatic carbocycles. The average molecular weight is 350 g/mol. The van der Waals surface area contributed by atoms with Gasteiger partial charge in [-0.2, -0.15) is 5.10 Å². The van der Waals surface area contributed by atoms with Gasteiger partial charge in [-0.05, 0) is 25.1 Å². The molecule has 1 atom stereocenters. The monoisotopic (exact) mass is 349 g/mol. The Labute approximate surface area is 139 Å². The molecule has 0 aliphatic rings. The first kappa shape index (κ1) is 15.6. The van der Waals surface area contributed by atoms with E-state index >= 15 is 0 Å². The maximum absolute atomic E-state index is 12.2. The average Bonchev–Trinajstić information content (AvgIpc) is 2.91. The number of nitrogens with zero attached hydrogens (tertiary/aromatic N) is 3. The first-order chi connectivity index (χ1) is 11.0. The van der Waals surface area contributed by atoms with Crippen LogP contribution < -0.4 is 11.3 Å². The molecular weight excluding hydrogens is 338 g/mol. The maximum atomic E-state index is 12.2. The third kappa shape index (κ3) is 3.08. The number of hydrogen-bond donors (Lipinski definition) is 2. The Bertz CT molecular complexity index is 952. The second kappa shape index (κ2) is 6.05. The molecule has 7 nitrogen and oxygen atoms in total. The molecule has 23 heavy (non-hydrogen) atoms. The number of thioether (sulfide) groups is 1. The molecular formula is C14H12ClN5O2S. The molecule has 3 N–H and O–H groups in total. The molecule has 3 rings (SSSR count). The van der Waals surface area contributed by atoms with Gasteiger partial charge < -0.3 is 10.7 Å². The Morgan fingerprint density at radius 3 is 2.96 bits per heavy atom. The van der Waals surface area contributed by atoms with E-state index in [1.54, 1.807) is 31.2 Å². The van der Waals surface area contributed by atoms with Crippen LogP contribution in [0.5, 0.6) is 0 Å². The first-order valence-corrected chi connectivity index (χ1v) is 7.91. The fourth-order valence-corrected chi connectivity index (χ4v) is 2.90. The van der Waals surface area contributed by atoms with Gasteiger partial charge in [-0.1, -0.05) is 29.4 Å². The van der Waals surface area contributed by atoms with Crippen molar-refractivity contribution in [2.45, 2.75) is 17.3 Å². The third-order valence-corrected chi connectivity index (χ3v) is 4.40. The number of aromatic amines is 1. The summed E-state index contributed by atoms with van der Waals surface area (Å²) in [5, 5.41) is 4.88. The number of H-pyrrole nitrogens is 1. The second-order valence-corrected chi connectivity index (χ2v) is 6.57. The van der Waals surface area contributed by atoms with Gasteiger partial charge in [-0.15, -0.1) is 0 Å². The number of nitrogens with two attached hydrogens (primary N) is 1. The van der Waals surface area contributed by atoms with E-state index in [-0.39, 0.29) is 5.56 Å². The Kier molecular flexibility index (Phi) is 4.10. The smallest absolute Gasteiger partial charge is 0.262 e. The highest BCUT2D eigenvalue weighted by atomic mass is 35.5. The van der Waals surface area contributed by atoms with Gasteiger partial charge in [0.1, 0.15) is 5.39 Å². The molecule has 0 aliphatic heterocycles. The van der Waals surface area contributed by atoms with Crippen LogP contribution in [0.1, 0.15) is 6.92 Å². The van der Waals surface area contributed by atoms with Gasteiger partial charge in [0.25, 0.3) is 5.56 Å². The van der Waals surface area contributed by atoms with Crippen LogP contribution >= 0.6 is 23.4 Å². The van der Waals surface area contributed by atoms with Crippen molar-refractivity contribution in [3.8, 4) is 5.69 Å². The van der Waals surface area contributed by atoms with Crippen molar-refractivity contribution in [2.24, 2.45) is 5.73 Å². The van der Waals surface area contributed by atoms with E-state index in [0.29, 0.717) is 26.9 Å². The molecule has 0 saturated heterocycles. The van der Waals surface area contributed by atoms with Gasteiger partial charge in [-0.25, -0.2) is 9.67 Å². The van der Waals surface area contributed by atoms with Crippen molar-refractivity contribution >= 4 is 40.3 Å². The summed E-state index contributed by atoms with van der Waals surface area (Å²) in [4.78, 5) is 30.3. The number of fused-ring (bicyclic) bond motifs is 1. The highest BCUT2D eigenvalue weighted by Crippen LogP contribution is 2.22. The van der Waals surface area contributed by atoms with Crippen LogP contribution in [-0.4, -0.2) is 30.9 Å². The summed E-state index contributed by atoms with van der Waals surface area (Å²) in [5.41, 5.74) is 5.98. The highest BCUT2D eigenvalue weighted by Gasteiger charge is 2.16. The summed E-state index contributed by atoms with van der Waals surface area (Å²) in [6.07, 6.45) is 1.44. The van der Waals surface area contributed by atoms with Crippen molar-refractivity contribution in [3.05, 3.63) is 45.8 Å². The molecule has 0 fully saturated rings. The number of benzene rings is 1. The van der Waals surface area contributed by atoms with Crippen LogP contribution in [0.25, 0.3) is 16.7 Å². The summed E-state index contributed by atoms with van der Waals surface area (Å²) in [6, 6.07) is 7.05. The van der Waals surface area contributed by atoms with Crippen molar-refractivity contribution in [1.29, 1.82) is 0 Å². The summed E-state index contributed by atoms with van der Waals surface area (Å²) in [6.45, 7) is 1.64. The Hall–Kier alpha value is -2.32. The lowest BCUT2D eigenvalue weighted by Gasteiger charge is -2.07. The van der Waals surface area contributed by atoms with Crippen LogP contribution in [0.3, 0.4) is 0 Å². The van der Waals surface area contributed by atoms with Gasteiger partial charge in [0.05, 0.1) is 17.1 Å². The number of halogens is 1. The topological polar surface area (TPSA) is 107 Å². The van der Waals surface area contributed by atoms with E-state index in [1.165, 1.54) is 10.9 Å². The molecule has 3 aromatic rings.